The third-order valence-electron chi connectivity index (χ3n) is 10.2. The van der Waals surface area contributed by atoms with Gasteiger partial charge in [-0.05, 0) is 74.7 Å². The molecule has 2 aromatic heterocycles. The second-order valence-corrected chi connectivity index (χ2v) is 16.2. The Hall–Kier alpha value is -5.05. The Balaban J connectivity index is 0.962. The molecule has 3 aliphatic rings. The van der Waals surface area contributed by atoms with Crippen LogP contribution >= 0.6 is 19.5 Å². The molecule has 5 heterocycles. The van der Waals surface area contributed by atoms with E-state index in [1.165, 1.54) is 36.7 Å². The lowest BCUT2D eigenvalue weighted by Gasteiger charge is -2.43. The third kappa shape index (κ3) is 8.31. The summed E-state index contributed by atoms with van der Waals surface area (Å²) in [5, 5.41) is 3.47. The molecule has 1 N–H and O–H groups in total. The fourth-order valence-electron chi connectivity index (χ4n) is 7.40. The molecule has 17 heteroatoms. The number of rotatable bonds is 11. The average Bonchev–Trinajstić information content (AvgIpc) is 3.75. The van der Waals surface area contributed by atoms with Crippen LogP contribution in [0.4, 0.5) is 10.2 Å². The number of hydrogen-bond acceptors (Lipinski definition) is 12. The first-order valence-electron chi connectivity index (χ1n) is 18.1. The van der Waals surface area contributed by atoms with Crippen molar-refractivity contribution in [3.8, 4) is 5.75 Å². The van der Waals surface area contributed by atoms with Crippen LogP contribution in [0.3, 0.4) is 0 Å². The smallest absolute Gasteiger partial charge is 0.395 e. The summed E-state index contributed by atoms with van der Waals surface area (Å²) in [6, 6.07) is 11.8. The third-order valence-corrected chi connectivity index (χ3v) is 12.2. The molecular formula is C38H41FN7O7PS. The van der Waals surface area contributed by atoms with Crippen LogP contribution in [0, 0.1) is 0 Å². The lowest BCUT2D eigenvalue weighted by molar-refractivity contribution is -0.171. The fourth-order valence-corrected chi connectivity index (χ4v) is 9.07. The molecule has 1 unspecified atom stereocenters. The lowest BCUT2D eigenvalue weighted by Crippen LogP contribution is -2.58. The van der Waals surface area contributed by atoms with Crippen LogP contribution in [0.25, 0.3) is 10.1 Å². The van der Waals surface area contributed by atoms with Crippen molar-refractivity contribution in [2.75, 3.05) is 32.1 Å². The first-order valence-corrected chi connectivity index (χ1v) is 20.1. The zero-order valence-electron chi connectivity index (χ0n) is 30.5. The molecule has 6 atom stereocenters. The number of halogens is 1. The van der Waals surface area contributed by atoms with Gasteiger partial charge in [0.1, 0.15) is 24.2 Å². The number of ether oxygens (including phenoxy) is 1. The SMILES string of the molecule is C[C@H](N=[P+]([O-])Oc1ccccc1)C(=O)O[C@H](F)c1ccc2sc(C(=O)N[C@H]3CCC[C@H]4CC[C@@H](C(=O)N5CC(c6cncnc6N(C)C)C5)N4C3=O)cc2c1. The van der Waals surface area contributed by atoms with Gasteiger partial charge in [0.2, 0.25) is 11.8 Å². The van der Waals surface area contributed by atoms with Gasteiger partial charge in [-0.2, -0.15) is 4.39 Å². The highest BCUT2D eigenvalue weighted by atomic mass is 32.1. The molecule has 0 radical (unpaired) electrons. The van der Waals surface area contributed by atoms with Crippen LogP contribution in [-0.2, 0) is 19.1 Å². The predicted molar refractivity (Wildman–Crippen MR) is 202 cm³/mol. The number of esters is 1. The van der Waals surface area contributed by atoms with E-state index in [0.717, 1.165) is 30.6 Å². The number of thiophene rings is 1. The minimum Gasteiger partial charge on any atom is -0.575 e. The van der Waals surface area contributed by atoms with E-state index >= 15 is 4.39 Å². The van der Waals surface area contributed by atoms with E-state index in [2.05, 4.69) is 20.0 Å². The number of fused-ring (bicyclic) bond motifs is 2. The van der Waals surface area contributed by atoms with Gasteiger partial charge in [-0.25, -0.2) is 14.8 Å². The Morgan fingerprint density at radius 3 is 2.64 bits per heavy atom. The number of nitrogens with zero attached hydrogens (tertiary/aromatic N) is 6. The van der Waals surface area contributed by atoms with Crippen molar-refractivity contribution in [2.24, 2.45) is 4.74 Å². The maximum absolute atomic E-state index is 15.2. The number of aromatic nitrogens is 2. The van der Waals surface area contributed by atoms with Crippen LogP contribution in [-0.4, -0.2) is 94.8 Å². The van der Waals surface area contributed by atoms with Crippen molar-refractivity contribution in [1.29, 1.82) is 0 Å². The number of amides is 3. The van der Waals surface area contributed by atoms with Gasteiger partial charge in [0.25, 0.3) is 12.3 Å². The molecule has 0 aliphatic carbocycles. The number of likely N-dealkylation sites (tertiary alicyclic amines) is 1. The van der Waals surface area contributed by atoms with Gasteiger partial charge >= 0.3 is 14.1 Å². The zero-order chi connectivity index (χ0) is 38.8. The Kier molecular flexibility index (Phi) is 11.4. The van der Waals surface area contributed by atoms with E-state index in [-0.39, 0.29) is 29.3 Å². The summed E-state index contributed by atoms with van der Waals surface area (Å²) in [7, 11) is 1.24. The summed E-state index contributed by atoms with van der Waals surface area (Å²) in [6.07, 6.45) is 4.41. The van der Waals surface area contributed by atoms with Crippen LogP contribution in [0.15, 0.2) is 71.9 Å². The standard InChI is InChI=1S/C38H41FN7O7PS/c1-22(43-54(51)53-27-9-5-4-6-10-27)38(50)52-33(39)23-12-15-31-24(16-23)17-32(55-31)35(47)42-29-11-7-8-26-13-14-30(46(26)36(29)48)37(49)45-19-25(20-45)28-18-40-21-41-34(28)44(2)3/h4-6,9-10,12,15-18,21-22,25-26,29-30,33H,7-8,11,13-14,19-20H2,1-3H3,(H,42,47)/t22-,26-,29-,30-,33-/m0/s1. The molecule has 7 rings (SSSR count). The molecule has 0 spiro atoms. The van der Waals surface area contributed by atoms with Gasteiger partial charge in [-0.15, -0.1) is 11.3 Å². The number of carbonyl (C=O) groups excluding carboxylic acids is 4. The molecular weight excluding hydrogens is 748 g/mol. The van der Waals surface area contributed by atoms with Crippen LogP contribution in [0.1, 0.15) is 72.1 Å². The van der Waals surface area contributed by atoms with Gasteiger partial charge in [-0.3, -0.25) is 18.9 Å². The fraction of sp³-hybridized carbons (Fsp3) is 0.421. The first kappa shape index (κ1) is 38.2. The van der Waals surface area contributed by atoms with Crippen molar-refractivity contribution < 1.29 is 37.7 Å². The average molecular weight is 790 g/mol. The summed E-state index contributed by atoms with van der Waals surface area (Å²) < 4.78 is 29.8. The Labute approximate surface area is 322 Å². The summed E-state index contributed by atoms with van der Waals surface area (Å²) in [4.78, 5) is 80.5. The van der Waals surface area contributed by atoms with Gasteiger partial charge in [0.05, 0.1) is 4.88 Å². The van der Waals surface area contributed by atoms with Crippen LogP contribution < -0.4 is 19.6 Å². The maximum atomic E-state index is 15.2. The summed E-state index contributed by atoms with van der Waals surface area (Å²) in [6.45, 7) is 2.38. The van der Waals surface area contributed by atoms with Crippen molar-refractivity contribution in [3.05, 3.63) is 83.1 Å². The predicted octanol–water partition coefficient (Wildman–Crippen LogP) is 4.86. The van der Waals surface area contributed by atoms with Crippen molar-refractivity contribution >= 4 is 59.1 Å². The number of carbonyl (C=O) groups is 4. The minimum absolute atomic E-state index is 0.0428. The number of nitrogens with one attached hydrogen (secondary N) is 1. The van der Waals surface area contributed by atoms with Crippen LogP contribution in [0.5, 0.6) is 5.75 Å². The topological polar surface area (TPSA) is 170 Å². The summed E-state index contributed by atoms with van der Waals surface area (Å²) in [5.41, 5.74) is 1.03. The van der Waals surface area contributed by atoms with E-state index in [4.69, 9.17) is 9.26 Å². The number of para-hydroxylation sites is 1. The quantitative estimate of drug-likeness (QED) is 0.164. The minimum atomic E-state index is -2.60. The second-order valence-electron chi connectivity index (χ2n) is 14.2. The normalized spacial score (nSPS) is 21.3. The van der Waals surface area contributed by atoms with E-state index in [1.807, 2.05) is 19.0 Å². The summed E-state index contributed by atoms with van der Waals surface area (Å²) >= 11 is 1.19. The number of anilines is 1. The Morgan fingerprint density at radius 1 is 1.09 bits per heavy atom. The lowest BCUT2D eigenvalue weighted by atomic mass is 9.91. The molecule has 288 valence electrons. The zero-order valence-corrected chi connectivity index (χ0v) is 32.3. The highest BCUT2D eigenvalue weighted by Gasteiger charge is 2.48. The second kappa shape index (κ2) is 16.4. The van der Waals surface area contributed by atoms with E-state index in [0.29, 0.717) is 46.6 Å². The van der Waals surface area contributed by atoms with Gasteiger partial charge in [0, 0.05) is 61.2 Å². The Morgan fingerprint density at radius 2 is 1.87 bits per heavy atom. The molecule has 0 saturated carbocycles. The molecule has 3 amide bonds. The van der Waals surface area contributed by atoms with E-state index < -0.39 is 44.5 Å². The molecule has 55 heavy (non-hydrogen) atoms. The van der Waals surface area contributed by atoms with E-state index in [1.54, 1.807) is 58.5 Å². The number of hydrogen-bond donors (Lipinski definition) is 1. The highest BCUT2D eigenvalue weighted by Crippen LogP contribution is 2.37. The van der Waals surface area contributed by atoms with Crippen molar-refractivity contribution in [2.45, 2.75) is 75.5 Å². The molecule has 0 bridgehead atoms. The van der Waals surface area contributed by atoms with Gasteiger partial charge < -0.3 is 29.6 Å². The van der Waals surface area contributed by atoms with Gasteiger partial charge in [0.15, 0.2) is 11.8 Å². The molecule has 2 aromatic carbocycles. The first-order chi connectivity index (χ1) is 26.5. The number of benzene rings is 2. The van der Waals surface area contributed by atoms with E-state index in [9.17, 15) is 24.1 Å². The molecule has 3 saturated heterocycles. The molecule has 3 aliphatic heterocycles. The van der Waals surface area contributed by atoms with Gasteiger partial charge in [-0.1, -0.05) is 29.0 Å². The molecule has 4 aromatic rings. The summed E-state index contributed by atoms with van der Waals surface area (Å²) in [5.74, 6) is -0.548. The molecule has 14 nitrogen and oxygen atoms in total. The monoisotopic (exact) mass is 789 g/mol. The van der Waals surface area contributed by atoms with Crippen molar-refractivity contribution in [3.63, 3.8) is 0 Å². The molecule has 3 fully saturated rings. The Bertz CT molecular complexity index is 2110. The maximum Gasteiger partial charge on any atom is 0.395 e. The van der Waals surface area contributed by atoms with Crippen molar-refractivity contribution in [1.82, 2.24) is 25.1 Å². The number of alkyl halides is 1. The highest BCUT2D eigenvalue weighted by molar-refractivity contribution is 7.34. The largest absolute Gasteiger partial charge is 0.575 e. The van der Waals surface area contributed by atoms with Crippen LogP contribution in [0.2, 0.25) is 0 Å².